The standard InChI is InChI=1S/C9H10NO2S/c1-6(12)7-3-4-8(13-7)9(2,10)5-11/h3-5H,2,10H2,1H3. The summed E-state index contributed by atoms with van der Waals surface area (Å²) in [6.45, 7) is 5.01. The SMILES string of the molecule is [CH2]C(N)(C=O)c1ccc(C(C)=O)s1. The maximum atomic E-state index is 10.9. The van der Waals surface area contributed by atoms with E-state index in [-0.39, 0.29) is 5.78 Å². The zero-order valence-electron chi connectivity index (χ0n) is 7.24. The van der Waals surface area contributed by atoms with Gasteiger partial charge in [0, 0.05) is 4.88 Å². The molecule has 1 unspecified atom stereocenters. The van der Waals surface area contributed by atoms with Crippen molar-refractivity contribution in [3.05, 3.63) is 28.8 Å². The van der Waals surface area contributed by atoms with E-state index < -0.39 is 5.54 Å². The molecule has 0 spiro atoms. The van der Waals surface area contributed by atoms with Crippen LogP contribution in [0.1, 0.15) is 21.5 Å². The molecule has 69 valence electrons. The fourth-order valence-corrected chi connectivity index (χ4v) is 1.73. The predicted molar refractivity (Wildman–Crippen MR) is 51.6 cm³/mol. The molecule has 0 aromatic carbocycles. The first-order chi connectivity index (χ1) is 5.97. The van der Waals surface area contributed by atoms with Gasteiger partial charge in [-0.25, -0.2) is 0 Å². The zero-order valence-corrected chi connectivity index (χ0v) is 8.06. The van der Waals surface area contributed by atoms with Gasteiger partial charge in [-0.15, -0.1) is 11.3 Å². The first-order valence-electron chi connectivity index (χ1n) is 3.69. The zero-order chi connectivity index (χ0) is 10.1. The summed E-state index contributed by atoms with van der Waals surface area (Å²) < 4.78 is 0. The summed E-state index contributed by atoms with van der Waals surface area (Å²) in [6, 6.07) is 3.31. The quantitative estimate of drug-likeness (QED) is 0.582. The van der Waals surface area contributed by atoms with Crippen molar-refractivity contribution in [3.63, 3.8) is 0 Å². The number of hydrogen-bond acceptors (Lipinski definition) is 4. The Kier molecular flexibility index (Phi) is 2.63. The van der Waals surface area contributed by atoms with E-state index >= 15 is 0 Å². The highest BCUT2D eigenvalue weighted by Gasteiger charge is 2.22. The number of ketones is 1. The van der Waals surface area contributed by atoms with Gasteiger partial charge in [0.15, 0.2) is 5.78 Å². The molecule has 3 nitrogen and oxygen atoms in total. The molecule has 0 bridgehead atoms. The molecule has 4 heteroatoms. The highest BCUT2D eigenvalue weighted by atomic mass is 32.1. The molecule has 1 aromatic rings. The Morgan fingerprint density at radius 3 is 2.69 bits per heavy atom. The number of carbonyl (C=O) groups excluding carboxylic acids is 2. The monoisotopic (exact) mass is 196 g/mol. The van der Waals surface area contributed by atoms with Crippen molar-refractivity contribution >= 4 is 23.4 Å². The first kappa shape index (κ1) is 10.1. The van der Waals surface area contributed by atoms with Gasteiger partial charge in [0.2, 0.25) is 0 Å². The van der Waals surface area contributed by atoms with Crippen LogP contribution in [-0.2, 0) is 10.3 Å². The predicted octanol–water partition coefficient (Wildman–Crippen LogP) is 1.14. The van der Waals surface area contributed by atoms with Crippen molar-refractivity contribution < 1.29 is 9.59 Å². The molecule has 1 rings (SSSR count). The lowest BCUT2D eigenvalue weighted by atomic mass is 10.0. The average molecular weight is 196 g/mol. The Morgan fingerprint density at radius 2 is 2.31 bits per heavy atom. The maximum Gasteiger partial charge on any atom is 0.169 e. The maximum absolute atomic E-state index is 10.9. The van der Waals surface area contributed by atoms with E-state index in [2.05, 4.69) is 6.92 Å². The Balaban J connectivity index is 3.05. The average Bonchev–Trinajstić information content (AvgIpc) is 2.52. The Morgan fingerprint density at radius 1 is 1.69 bits per heavy atom. The van der Waals surface area contributed by atoms with Crippen LogP contribution in [0, 0.1) is 6.92 Å². The van der Waals surface area contributed by atoms with Crippen LogP contribution in [0.25, 0.3) is 0 Å². The van der Waals surface area contributed by atoms with E-state index in [9.17, 15) is 9.59 Å². The Bertz CT molecular complexity index is 341. The van der Waals surface area contributed by atoms with Gasteiger partial charge >= 0.3 is 0 Å². The molecular weight excluding hydrogens is 186 g/mol. The number of thiophene rings is 1. The summed E-state index contributed by atoms with van der Waals surface area (Å²) in [5, 5.41) is 0. The van der Waals surface area contributed by atoms with E-state index in [0.29, 0.717) is 16.0 Å². The van der Waals surface area contributed by atoms with E-state index in [4.69, 9.17) is 5.73 Å². The van der Waals surface area contributed by atoms with Crippen LogP contribution in [0.5, 0.6) is 0 Å². The van der Waals surface area contributed by atoms with Crippen molar-refractivity contribution in [2.75, 3.05) is 0 Å². The molecule has 0 amide bonds. The van der Waals surface area contributed by atoms with Gasteiger partial charge in [-0.05, 0) is 26.0 Å². The molecule has 1 radical (unpaired) electrons. The fraction of sp³-hybridized carbons (Fsp3) is 0.222. The number of Topliss-reactive ketones (excluding diaryl/α,β-unsaturated/α-hetero) is 1. The van der Waals surface area contributed by atoms with Gasteiger partial charge in [-0.3, -0.25) is 4.79 Å². The topological polar surface area (TPSA) is 60.2 Å². The summed E-state index contributed by atoms with van der Waals surface area (Å²) in [6.07, 6.45) is 0.572. The van der Waals surface area contributed by atoms with Gasteiger partial charge < -0.3 is 10.5 Å². The van der Waals surface area contributed by atoms with Gasteiger partial charge in [-0.1, -0.05) is 0 Å². The number of hydrogen-bond donors (Lipinski definition) is 1. The Hall–Kier alpha value is -1.00. The van der Waals surface area contributed by atoms with Crippen molar-refractivity contribution in [1.29, 1.82) is 0 Å². The third-order valence-corrected chi connectivity index (χ3v) is 3.00. The lowest BCUT2D eigenvalue weighted by Crippen LogP contribution is -2.33. The van der Waals surface area contributed by atoms with Crippen molar-refractivity contribution in [2.24, 2.45) is 5.73 Å². The van der Waals surface area contributed by atoms with Crippen LogP contribution in [0.3, 0.4) is 0 Å². The molecule has 1 aromatic heterocycles. The molecule has 0 fully saturated rings. The Labute approximate surface area is 80.6 Å². The smallest absolute Gasteiger partial charge is 0.169 e. The molecule has 13 heavy (non-hydrogen) atoms. The molecule has 0 aliphatic carbocycles. The molecule has 0 saturated carbocycles. The summed E-state index contributed by atoms with van der Waals surface area (Å²) in [5.74, 6) is -0.0297. The van der Waals surface area contributed by atoms with Crippen LogP contribution in [0.4, 0.5) is 0 Å². The van der Waals surface area contributed by atoms with E-state index in [1.807, 2.05) is 0 Å². The third kappa shape index (κ3) is 2.02. The number of nitrogens with two attached hydrogens (primary N) is 1. The molecule has 1 heterocycles. The van der Waals surface area contributed by atoms with Gasteiger partial charge in [0.05, 0.1) is 4.88 Å². The van der Waals surface area contributed by atoms with Crippen LogP contribution >= 0.6 is 11.3 Å². The molecule has 2 N–H and O–H groups in total. The third-order valence-electron chi connectivity index (χ3n) is 1.62. The van der Waals surface area contributed by atoms with Crippen LogP contribution in [-0.4, -0.2) is 12.1 Å². The second kappa shape index (κ2) is 3.40. The van der Waals surface area contributed by atoms with Gasteiger partial charge in [0.1, 0.15) is 11.8 Å². The summed E-state index contributed by atoms with van der Waals surface area (Å²) in [5.41, 5.74) is 4.35. The molecular formula is C9H10NO2S. The van der Waals surface area contributed by atoms with Crippen molar-refractivity contribution in [2.45, 2.75) is 12.5 Å². The minimum absolute atomic E-state index is 0.0297. The molecule has 1 atom stereocenters. The van der Waals surface area contributed by atoms with Crippen molar-refractivity contribution in [1.82, 2.24) is 0 Å². The van der Waals surface area contributed by atoms with E-state index in [0.717, 1.165) is 0 Å². The highest BCUT2D eigenvalue weighted by molar-refractivity contribution is 7.14. The molecule has 0 aliphatic rings. The van der Waals surface area contributed by atoms with E-state index in [1.165, 1.54) is 18.3 Å². The second-order valence-electron chi connectivity index (χ2n) is 2.88. The minimum atomic E-state index is -1.22. The van der Waals surface area contributed by atoms with E-state index in [1.54, 1.807) is 12.1 Å². The van der Waals surface area contributed by atoms with Gasteiger partial charge in [0.25, 0.3) is 0 Å². The van der Waals surface area contributed by atoms with Crippen molar-refractivity contribution in [3.8, 4) is 0 Å². The van der Waals surface area contributed by atoms with Gasteiger partial charge in [-0.2, -0.15) is 0 Å². The summed E-state index contributed by atoms with van der Waals surface area (Å²) in [4.78, 5) is 22.7. The molecule has 0 saturated heterocycles. The second-order valence-corrected chi connectivity index (χ2v) is 3.96. The number of carbonyl (C=O) groups is 2. The van der Waals surface area contributed by atoms with Crippen LogP contribution in [0.2, 0.25) is 0 Å². The lowest BCUT2D eigenvalue weighted by Gasteiger charge is -2.13. The number of rotatable bonds is 3. The lowest BCUT2D eigenvalue weighted by molar-refractivity contribution is -0.111. The minimum Gasteiger partial charge on any atom is -0.315 e. The fourth-order valence-electron chi connectivity index (χ4n) is 0.835. The number of aldehydes is 1. The summed E-state index contributed by atoms with van der Waals surface area (Å²) >= 11 is 1.20. The van der Waals surface area contributed by atoms with Crippen LogP contribution < -0.4 is 5.73 Å². The highest BCUT2D eigenvalue weighted by Crippen LogP contribution is 2.24. The van der Waals surface area contributed by atoms with Crippen LogP contribution in [0.15, 0.2) is 12.1 Å². The summed E-state index contributed by atoms with van der Waals surface area (Å²) in [7, 11) is 0. The largest absolute Gasteiger partial charge is 0.315 e. The first-order valence-corrected chi connectivity index (χ1v) is 4.51. The normalized spacial score (nSPS) is 15.0. The molecule has 0 aliphatic heterocycles.